The summed E-state index contributed by atoms with van der Waals surface area (Å²) in [5.41, 5.74) is 0.811. The van der Waals surface area contributed by atoms with E-state index in [9.17, 15) is 5.11 Å². The summed E-state index contributed by atoms with van der Waals surface area (Å²) in [5, 5.41) is 21.6. The molecule has 1 aromatic carbocycles. The van der Waals surface area contributed by atoms with Gasteiger partial charge < -0.3 is 15.5 Å². The topological polar surface area (TPSA) is 52.5 Å². The third-order valence-electron chi connectivity index (χ3n) is 1.81. The van der Waals surface area contributed by atoms with Gasteiger partial charge >= 0.3 is 0 Å². The van der Waals surface area contributed by atoms with Crippen molar-refractivity contribution in [2.75, 3.05) is 6.54 Å². The van der Waals surface area contributed by atoms with Gasteiger partial charge in [-0.15, -0.1) is 0 Å². The Balaban J connectivity index is 2.56. The van der Waals surface area contributed by atoms with Crippen molar-refractivity contribution >= 4 is 0 Å². The quantitative estimate of drug-likeness (QED) is 0.618. The first kappa shape index (κ1) is 9.86. The first-order valence-electron chi connectivity index (χ1n) is 4.45. The molecule has 3 heteroatoms. The van der Waals surface area contributed by atoms with E-state index in [1.54, 1.807) is 12.1 Å². The molecule has 0 aromatic heterocycles. The van der Waals surface area contributed by atoms with Crippen LogP contribution < -0.4 is 5.32 Å². The third-order valence-corrected chi connectivity index (χ3v) is 1.81. The monoisotopic (exact) mass is 181 g/mol. The van der Waals surface area contributed by atoms with Gasteiger partial charge in [0.25, 0.3) is 0 Å². The minimum atomic E-state index is 0.0942. The van der Waals surface area contributed by atoms with Crippen molar-refractivity contribution in [2.45, 2.75) is 19.9 Å². The van der Waals surface area contributed by atoms with Gasteiger partial charge in [0.1, 0.15) is 11.5 Å². The Morgan fingerprint density at radius 3 is 2.69 bits per heavy atom. The highest BCUT2D eigenvalue weighted by Gasteiger charge is 2.00. The van der Waals surface area contributed by atoms with E-state index in [2.05, 4.69) is 12.2 Å². The van der Waals surface area contributed by atoms with Crippen molar-refractivity contribution in [1.82, 2.24) is 5.32 Å². The Hall–Kier alpha value is -1.22. The van der Waals surface area contributed by atoms with Crippen LogP contribution in [0.3, 0.4) is 0 Å². The highest BCUT2D eigenvalue weighted by molar-refractivity contribution is 5.38. The Kier molecular flexibility index (Phi) is 3.58. The Bertz CT molecular complexity index is 274. The van der Waals surface area contributed by atoms with Gasteiger partial charge in [0.2, 0.25) is 0 Å². The van der Waals surface area contributed by atoms with Crippen LogP contribution in [0.1, 0.15) is 18.9 Å². The van der Waals surface area contributed by atoms with E-state index in [1.165, 1.54) is 6.07 Å². The fourth-order valence-corrected chi connectivity index (χ4v) is 1.10. The maximum Gasteiger partial charge on any atom is 0.123 e. The number of rotatable bonds is 4. The van der Waals surface area contributed by atoms with E-state index in [4.69, 9.17) is 5.11 Å². The molecule has 0 spiro atoms. The summed E-state index contributed by atoms with van der Waals surface area (Å²) in [6.07, 6.45) is 1.07. The summed E-state index contributed by atoms with van der Waals surface area (Å²) in [5.74, 6) is 0.236. The summed E-state index contributed by atoms with van der Waals surface area (Å²) < 4.78 is 0. The molecule has 0 heterocycles. The molecule has 0 radical (unpaired) electrons. The number of phenolic OH excluding ortho intramolecular Hbond substituents is 2. The van der Waals surface area contributed by atoms with E-state index in [-0.39, 0.29) is 11.5 Å². The third kappa shape index (κ3) is 2.95. The number of hydrogen-bond donors (Lipinski definition) is 3. The van der Waals surface area contributed by atoms with E-state index < -0.39 is 0 Å². The molecule has 0 bridgehead atoms. The molecule has 0 saturated heterocycles. The molecule has 3 nitrogen and oxygen atoms in total. The van der Waals surface area contributed by atoms with Crippen LogP contribution in [0.25, 0.3) is 0 Å². The SMILES string of the molecule is CCCNCc1ccc(O)cc1O. The van der Waals surface area contributed by atoms with Crippen LogP contribution in [-0.4, -0.2) is 16.8 Å². The van der Waals surface area contributed by atoms with Crippen molar-refractivity contribution in [3.8, 4) is 11.5 Å². The van der Waals surface area contributed by atoms with Crippen LogP contribution in [0.4, 0.5) is 0 Å². The second kappa shape index (κ2) is 4.72. The largest absolute Gasteiger partial charge is 0.508 e. The highest BCUT2D eigenvalue weighted by Crippen LogP contribution is 2.21. The Morgan fingerprint density at radius 1 is 1.31 bits per heavy atom. The van der Waals surface area contributed by atoms with Gasteiger partial charge in [0.15, 0.2) is 0 Å². The Morgan fingerprint density at radius 2 is 2.08 bits per heavy atom. The zero-order chi connectivity index (χ0) is 9.68. The second-order valence-corrected chi connectivity index (χ2v) is 2.99. The summed E-state index contributed by atoms with van der Waals surface area (Å²) >= 11 is 0. The lowest BCUT2D eigenvalue weighted by atomic mass is 10.2. The van der Waals surface area contributed by atoms with Crippen molar-refractivity contribution in [2.24, 2.45) is 0 Å². The highest BCUT2D eigenvalue weighted by atomic mass is 16.3. The lowest BCUT2D eigenvalue weighted by Gasteiger charge is -2.05. The van der Waals surface area contributed by atoms with Gasteiger partial charge in [-0.1, -0.05) is 13.0 Å². The maximum atomic E-state index is 9.39. The molecule has 0 fully saturated rings. The lowest BCUT2D eigenvalue weighted by Crippen LogP contribution is -2.13. The van der Waals surface area contributed by atoms with Crippen molar-refractivity contribution in [3.05, 3.63) is 23.8 Å². The molecular formula is C10H15NO2. The Labute approximate surface area is 78.0 Å². The molecule has 0 aliphatic heterocycles. The fraction of sp³-hybridized carbons (Fsp3) is 0.400. The van der Waals surface area contributed by atoms with Gasteiger partial charge in [-0.2, -0.15) is 0 Å². The first-order chi connectivity index (χ1) is 6.24. The molecule has 1 aromatic rings. The normalized spacial score (nSPS) is 10.2. The van der Waals surface area contributed by atoms with Crippen LogP contribution in [-0.2, 0) is 6.54 Å². The van der Waals surface area contributed by atoms with E-state index in [0.717, 1.165) is 18.5 Å². The summed E-state index contributed by atoms with van der Waals surface area (Å²) in [7, 11) is 0. The molecule has 1 rings (SSSR count). The molecule has 0 unspecified atom stereocenters. The predicted octanol–water partition coefficient (Wildman–Crippen LogP) is 1.60. The van der Waals surface area contributed by atoms with E-state index in [0.29, 0.717) is 6.54 Å². The van der Waals surface area contributed by atoms with Crippen LogP contribution >= 0.6 is 0 Å². The predicted molar refractivity (Wildman–Crippen MR) is 51.8 cm³/mol. The molecule has 0 atom stereocenters. The molecule has 72 valence electrons. The second-order valence-electron chi connectivity index (χ2n) is 2.99. The van der Waals surface area contributed by atoms with Crippen LogP contribution in [0, 0.1) is 0 Å². The van der Waals surface area contributed by atoms with Crippen LogP contribution in [0.5, 0.6) is 11.5 Å². The van der Waals surface area contributed by atoms with E-state index >= 15 is 0 Å². The van der Waals surface area contributed by atoms with Gasteiger partial charge in [0, 0.05) is 18.2 Å². The van der Waals surface area contributed by atoms with Gasteiger partial charge in [0.05, 0.1) is 0 Å². The van der Waals surface area contributed by atoms with Gasteiger partial charge in [-0.3, -0.25) is 0 Å². The van der Waals surface area contributed by atoms with Crippen LogP contribution in [0.2, 0.25) is 0 Å². The van der Waals surface area contributed by atoms with Crippen molar-refractivity contribution in [1.29, 1.82) is 0 Å². The molecular weight excluding hydrogens is 166 g/mol. The standard InChI is InChI=1S/C10H15NO2/c1-2-5-11-7-8-3-4-9(12)6-10(8)13/h3-4,6,11-13H,2,5,7H2,1H3. The molecule has 0 amide bonds. The summed E-state index contributed by atoms with van der Waals surface area (Å²) in [4.78, 5) is 0. The summed E-state index contributed by atoms with van der Waals surface area (Å²) in [6, 6.07) is 4.64. The molecule has 0 aliphatic rings. The number of nitrogens with one attached hydrogen (secondary N) is 1. The van der Waals surface area contributed by atoms with Gasteiger partial charge in [-0.05, 0) is 19.0 Å². The average molecular weight is 181 g/mol. The zero-order valence-electron chi connectivity index (χ0n) is 7.75. The fourth-order valence-electron chi connectivity index (χ4n) is 1.10. The smallest absolute Gasteiger partial charge is 0.123 e. The average Bonchev–Trinajstić information content (AvgIpc) is 2.09. The molecule has 3 N–H and O–H groups in total. The maximum absolute atomic E-state index is 9.39. The molecule has 0 aliphatic carbocycles. The van der Waals surface area contributed by atoms with Crippen molar-refractivity contribution in [3.63, 3.8) is 0 Å². The lowest BCUT2D eigenvalue weighted by molar-refractivity contribution is 0.444. The molecule has 13 heavy (non-hydrogen) atoms. The van der Waals surface area contributed by atoms with E-state index in [1.807, 2.05) is 0 Å². The number of benzene rings is 1. The zero-order valence-corrected chi connectivity index (χ0v) is 7.75. The summed E-state index contributed by atoms with van der Waals surface area (Å²) in [6.45, 7) is 3.66. The van der Waals surface area contributed by atoms with Gasteiger partial charge in [-0.25, -0.2) is 0 Å². The molecule has 0 saturated carbocycles. The van der Waals surface area contributed by atoms with Crippen molar-refractivity contribution < 1.29 is 10.2 Å². The number of aromatic hydroxyl groups is 2. The minimum absolute atomic E-state index is 0.0942. The van der Waals surface area contributed by atoms with Crippen LogP contribution in [0.15, 0.2) is 18.2 Å². The minimum Gasteiger partial charge on any atom is -0.508 e. The number of phenols is 2. The number of hydrogen-bond acceptors (Lipinski definition) is 3. The first-order valence-corrected chi connectivity index (χ1v) is 4.45.